The molecule has 296 valence electrons. The average Bonchev–Trinajstić information content (AvgIpc) is 3.78. The molecule has 0 spiro atoms. The molecule has 0 saturated carbocycles. The van der Waals surface area contributed by atoms with Crippen molar-refractivity contribution < 1.29 is 8.78 Å². The lowest BCUT2D eigenvalue weighted by Gasteiger charge is -2.21. The van der Waals surface area contributed by atoms with E-state index in [1.165, 1.54) is 0 Å². The third kappa shape index (κ3) is 8.68. The van der Waals surface area contributed by atoms with Gasteiger partial charge in [-0.3, -0.25) is 4.68 Å². The lowest BCUT2D eigenvalue weighted by atomic mass is 9.93. The average molecular weight is 833 g/mol. The van der Waals surface area contributed by atoms with Crippen LogP contribution in [0.25, 0.3) is 60.6 Å². The van der Waals surface area contributed by atoms with Crippen LogP contribution in [0, 0.1) is 18.6 Å². The zero-order valence-electron chi connectivity index (χ0n) is 31.3. The van der Waals surface area contributed by atoms with Crippen LogP contribution in [0.5, 0.6) is 0 Å². The summed E-state index contributed by atoms with van der Waals surface area (Å²) in [6.45, 7) is 5.73. The fourth-order valence-electron chi connectivity index (χ4n) is 7.70. The number of rotatable bonds is 4. The van der Waals surface area contributed by atoms with Crippen LogP contribution in [0.4, 0.5) is 8.78 Å². The Kier molecular flexibility index (Phi) is 12.9. The zero-order valence-corrected chi connectivity index (χ0v) is 33.8. The number of aryl methyl sites for hydroxylation is 2. The fraction of sp³-hybridized carbons (Fsp3) is 0.293. The number of pyridine rings is 1. The molecule has 3 aromatic carbocycles. The molecule has 11 nitrogen and oxygen atoms in total. The molecule has 16 heteroatoms. The van der Waals surface area contributed by atoms with Crippen LogP contribution in [-0.2, 0) is 7.05 Å². The van der Waals surface area contributed by atoms with Crippen molar-refractivity contribution in [3.63, 3.8) is 0 Å². The van der Waals surface area contributed by atoms with Crippen molar-refractivity contribution in [2.45, 2.75) is 44.4 Å². The highest BCUT2D eigenvalue weighted by Crippen LogP contribution is 2.32. The van der Waals surface area contributed by atoms with Crippen LogP contribution >= 0.6 is 37.2 Å². The standard InChI is InChI=1S/C21H20FN5.C20H19FN6.3ClH/c1-27-12-16-8-14(2-3-19(16)26-27)15-9-18(22)17-11-20(24-25-21(17)10-15)13-4-6-23-7-5-13;1-12-23-20-3-2-14(11-27(20)26-12)15-8-17(21)16-10-18(24-25-19(16)9-15)13-4-6-22-7-5-13;;;/h2-3,8-13,23H,4-7H2,1H3;2-3,8-11,13,22H,4-7H2,1H3;3*1H. The summed E-state index contributed by atoms with van der Waals surface area (Å²) in [5.41, 5.74) is 7.98. The quantitative estimate of drug-likeness (QED) is 0.180. The number of hydrogen-bond donors (Lipinski definition) is 2. The van der Waals surface area contributed by atoms with Gasteiger partial charge in [0, 0.05) is 53.0 Å². The maximum Gasteiger partial charge on any atom is 0.155 e. The second-order valence-electron chi connectivity index (χ2n) is 14.3. The molecular weight excluding hydrogens is 791 g/mol. The van der Waals surface area contributed by atoms with E-state index < -0.39 is 0 Å². The van der Waals surface area contributed by atoms with E-state index >= 15 is 0 Å². The van der Waals surface area contributed by atoms with E-state index in [-0.39, 0.29) is 48.9 Å². The van der Waals surface area contributed by atoms with Crippen LogP contribution in [0.3, 0.4) is 0 Å². The second kappa shape index (κ2) is 17.7. The Hall–Kier alpha value is -4.92. The van der Waals surface area contributed by atoms with Gasteiger partial charge in [0.25, 0.3) is 0 Å². The SMILES string of the molecule is Cc1nc2ccc(-c3cc(F)c4cc(C5CCNCC5)nnc4c3)cn2n1.Cl.Cl.Cl.Cn1cc2cc(-c3cc(F)c4cc(C5CCNCC5)nnc4c3)ccc2n1. The maximum atomic E-state index is 14.9. The minimum atomic E-state index is -0.276. The molecule has 0 amide bonds. The Balaban J connectivity index is 0.000000183. The van der Waals surface area contributed by atoms with Crippen molar-refractivity contribution in [3.05, 3.63) is 108 Å². The van der Waals surface area contributed by atoms with E-state index in [4.69, 9.17) is 0 Å². The normalized spacial score (nSPS) is 14.8. The summed E-state index contributed by atoms with van der Waals surface area (Å²) in [5.74, 6) is 0.880. The molecule has 2 saturated heterocycles. The van der Waals surface area contributed by atoms with E-state index in [2.05, 4.69) is 46.2 Å². The third-order valence-electron chi connectivity index (χ3n) is 10.6. The molecule has 2 aliphatic heterocycles. The molecule has 2 aliphatic rings. The highest BCUT2D eigenvalue weighted by molar-refractivity contribution is 5.89. The summed E-state index contributed by atoms with van der Waals surface area (Å²) in [4.78, 5) is 4.32. The number of benzene rings is 3. The van der Waals surface area contributed by atoms with Gasteiger partial charge in [-0.25, -0.2) is 18.3 Å². The van der Waals surface area contributed by atoms with Gasteiger partial charge in [0.15, 0.2) is 5.65 Å². The summed E-state index contributed by atoms with van der Waals surface area (Å²) in [5, 5.41) is 35.0. The van der Waals surface area contributed by atoms with Crippen LogP contribution in [0.15, 0.2) is 79.1 Å². The van der Waals surface area contributed by atoms with Gasteiger partial charge in [0.1, 0.15) is 17.5 Å². The van der Waals surface area contributed by atoms with Crippen molar-refractivity contribution in [1.82, 2.24) is 55.4 Å². The predicted molar refractivity (Wildman–Crippen MR) is 227 cm³/mol. The minimum Gasteiger partial charge on any atom is -0.317 e. The zero-order chi connectivity index (χ0) is 36.8. The maximum absolute atomic E-state index is 14.9. The molecule has 8 aromatic rings. The molecular formula is C41H42Cl3F2N11. The molecule has 0 radical (unpaired) electrons. The van der Waals surface area contributed by atoms with Crippen molar-refractivity contribution in [2.75, 3.05) is 26.2 Å². The summed E-state index contributed by atoms with van der Waals surface area (Å²) in [6, 6.07) is 20.4. The molecule has 10 rings (SSSR count). The molecule has 0 unspecified atom stereocenters. The molecule has 0 bridgehead atoms. The summed E-state index contributed by atoms with van der Waals surface area (Å²) in [7, 11) is 1.89. The van der Waals surface area contributed by atoms with Gasteiger partial charge >= 0.3 is 0 Å². The first-order valence-corrected chi connectivity index (χ1v) is 18.5. The molecule has 57 heavy (non-hydrogen) atoms. The number of hydrogen-bond acceptors (Lipinski definition) is 9. The van der Waals surface area contributed by atoms with Crippen LogP contribution in [-0.4, -0.2) is 71.0 Å². The Labute approximate surface area is 346 Å². The van der Waals surface area contributed by atoms with Gasteiger partial charge < -0.3 is 10.6 Å². The van der Waals surface area contributed by atoms with E-state index in [1.54, 1.807) is 21.3 Å². The molecule has 2 N–H and O–H groups in total. The number of halogens is 5. The predicted octanol–water partition coefficient (Wildman–Crippen LogP) is 8.31. The van der Waals surface area contributed by atoms with E-state index in [0.717, 1.165) is 102 Å². The van der Waals surface area contributed by atoms with Crippen molar-refractivity contribution in [1.29, 1.82) is 0 Å². The highest BCUT2D eigenvalue weighted by atomic mass is 35.5. The third-order valence-corrected chi connectivity index (χ3v) is 10.6. The first kappa shape index (κ1) is 41.7. The van der Waals surface area contributed by atoms with Gasteiger partial charge in [0.2, 0.25) is 0 Å². The van der Waals surface area contributed by atoms with Gasteiger partial charge in [0.05, 0.1) is 27.9 Å². The Morgan fingerprint density at radius 2 is 1.12 bits per heavy atom. The smallest absolute Gasteiger partial charge is 0.155 e. The highest BCUT2D eigenvalue weighted by Gasteiger charge is 2.20. The summed E-state index contributed by atoms with van der Waals surface area (Å²) >= 11 is 0. The number of aromatic nitrogens is 9. The van der Waals surface area contributed by atoms with E-state index in [1.807, 2.05) is 81.0 Å². The van der Waals surface area contributed by atoms with Crippen LogP contribution in [0.1, 0.15) is 54.7 Å². The van der Waals surface area contributed by atoms with Crippen molar-refractivity contribution in [2.24, 2.45) is 7.05 Å². The molecule has 0 atom stereocenters. The lowest BCUT2D eigenvalue weighted by molar-refractivity contribution is 0.451. The lowest BCUT2D eigenvalue weighted by Crippen LogP contribution is -2.27. The first-order chi connectivity index (χ1) is 26.3. The van der Waals surface area contributed by atoms with Crippen LogP contribution < -0.4 is 10.6 Å². The Bertz CT molecular complexity index is 2490. The molecule has 0 aliphatic carbocycles. The largest absolute Gasteiger partial charge is 0.317 e. The van der Waals surface area contributed by atoms with Crippen molar-refractivity contribution >= 4 is 75.6 Å². The fourth-order valence-corrected chi connectivity index (χ4v) is 7.70. The Morgan fingerprint density at radius 3 is 1.70 bits per heavy atom. The number of nitrogens with zero attached hydrogens (tertiary/aromatic N) is 9. The van der Waals surface area contributed by atoms with Crippen LogP contribution in [0.2, 0.25) is 0 Å². The number of piperidine rings is 2. The van der Waals surface area contributed by atoms with Gasteiger partial charge in [-0.15, -0.1) is 37.2 Å². The summed E-state index contributed by atoms with van der Waals surface area (Å²) < 4.78 is 33.3. The van der Waals surface area contributed by atoms with Gasteiger partial charge in [-0.05, 0) is 136 Å². The van der Waals surface area contributed by atoms with E-state index in [0.29, 0.717) is 39.5 Å². The monoisotopic (exact) mass is 831 g/mol. The first-order valence-electron chi connectivity index (χ1n) is 18.5. The Morgan fingerprint density at radius 1 is 0.579 bits per heavy atom. The van der Waals surface area contributed by atoms with Crippen molar-refractivity contribution in [3.8, 4) is 22.3 Å². The summed E-state index contributed by atoms with van der Waals surface area (Å²) in [6.07, 6.45) is 7.87. The topological polar surface area (TPSA) is 124 Å². The second-order valence-corrected chi connectivity index (χ2v) is 14.3. The van der Waals surface area contributed by atoms with Gasteiger partial charge in [-0.1, -0.05) is 6.07 Å². The minimum absolute atomic E-state index is 0. The number of nitrogens with one attached hydrogen (secondary N) is 2. The van der Waals surface area contributed by atoms with Gasteiger partial charge in [-0.2, -0.15) is 30.6 Å². The number of fused-ring (bicyclic) bond motifs is 4. The van der Waals surface area contributed by atoms with E-state index in [9.17, 15) is 8.78 Å². The molecule has 2 fully saturated rings. The molecule has 7 heterocycles. The molecule has 5 aromatic heterocycles.